The van der Waals surface area contributed by atoms with Crippen LogP contribution in [0.3, 0.4) is 0 Å². The molecule has 1 heterocycles. The van der Waals surface area contributed by atoms with Crippen LogP contribution in [-0.2, 0) is 9.53 Å². The molecule has 1 fully saturated rings. The number of nitrogens with zero attached hydrogens (tertiary/aromatic N) is 1. The highest BCUT2D eigenvalue weighted by Crippen LogP contribution is 2.28. The minimum absolute atomic E-state index is 0.0638. The number of rotatable bonds is 8. The van der Waals surface area contributed by atoms with Gasteiger partial charge in [-0.05, 0) is 49.7 Å². The lowest BCUT2D eigenvalue weighted by Crippen LogP contribution is -2.36. The molecule has 1 aliphatic heterocycles. The molecule has 2 aromatic carbocycles. The number of ketones is 1. The summed E-state index contributed by atoms with van der Waals surface area (Å²) < 4.78 is 16.2. The maximum Gasteiger partial charge on any atom is 0.258 e. The molecule has 1 N–H and O–H groups in total. The van der Waals surface area contributed by atoms with Crippen LogP contribution >= 0.6 is 0 Å². The van der Waals surface area contributed by atoms with Gasteiger partial charge in [-0.3, -0.25) is 9.59 Å². The monoisotopic (exact) mass is 412 g/mol. The summed E-state index contributed by atoms with van der Waals surface area (Å²) in [5, 5.41) is 2.94. The average molecular weight is 412 g/mol. The first kappa shape index (κ1) is 21.6. The number of Topliss-reactive ketones (excluding diaryl/α,β-unsaturated/α-hetero) is 1. The number of carbonyl (C=O) groups excluding carboxylic acids is 2. The molecular formula is C23H28N2O5. The molecule has 0 bridgehead atoms. The molecule has 2 aromatic rings. The van der Waals surface area contributed by atoms with E-state index in [0.717, 1.165) is 37.6 Å². The van der Waals surface area contributed by atoms with Crippen molar-refractivity contribution in [2.45, 2.75) is 19.9 Å². The number of morpholine rings is 1. The Labute approximate surface area is 176 Å². The Morgan fingerprint density at radius 2 is 1.80 bits per heavy atom. The number of anilines is 1. The van der Waals surface area contributed by atoms with Crippen molar-refractivity contribution in [3.63, 3.8) is 0 Å². The van der Waals surface area contributed by atoms with Gasteiger partial charge in [-0.2, -0.15) is 0 Å². The van der Waals surface area contributed by atoms with E-state index in [4.69, 9.17) is 14.2 Å². The Morgan fingerprint density at radius 3 is 2.43 bits per heavy atom. The van der Waals surface area contributed by atoms with Crippen molar-refractivity contribution in [3.8, 4) is 11.5 Å². The van der Waals surface area contributed by atoms with Crippen LogP contribution < -0.4 is 19.7 Å². The van der Waals surface area contributed by atoms with Gasteiger partial charge in [0.25, 0.3) is 5.91 Å². The molecule has 7 heteroatoms. The quantitative estimate of drug-likeness (QED) is 0.672. The van der Waals surface area contributed by atoms with Gasteiger partial charge in [0, 0.05) is 24.3 Å². The Morgan fingerprint density at radius 1 is 1.10 bits per heavy atom. The molecule has 0 spiro atoms. The van der Waals surface area contributed by atoms with Crippen molar-refractivity contribution in [2.24, 2.45) is 0 Å². The van der Waals surface area contributed by atoms with E-state index in [2.05, 4.69) is 22.3 Å². The lowest BCUT2D eigenvalue weighted by Gasteiger charge is -2.29. The summed E-state index contributed by atoms with van der Waals surface area (Å²) in [6.07, 6.45) is 0. The second-order valence-corrected chi connectivity index (χ2v) is 7.19. The topological polar surface area (TPSA) is 77.1 Å². The molecule has 7 nitrogen and oxygen atoms in total. The minimum Gasteiger partial charge on any atom is -0.493 e. The predicted molar refractivity (Wildman–Crippen MR) is 115 cm³/mol. The van der Waals surface area contributed by atoms with Crippen molar-refractivity contribution in [1.82, 2.24) is 5.32 Å². The normalized spacial score (nSPS) is 14.7. The van der Waals surface area contributed by atoms with Gasteiger partial charge in [-0.25, -0.2) is 0 Å². The van der Waals surface area contributed by atoms with Gasteiger partial charge in [0.2, 0.25) is 0 Å². The molecule has 3 rings (SSSR count). The molecular weight excluding hydrogens is 384 g/mol. The van der Waals surface area contributed by atoms with Crippen LogP contribution in [0.1, 0.15) is 35.8 Å². The van der Waals surface area contributed by atoms with Gasteiger partial charge >= 0.3 is 0 Å². The second kappa shape index (κ2) is 10.1. The minimum atomic E-state index is -0.238. The lowest BCUT2D eigenvalue weighted by molar-refractivity contribution is -0.123. The highest BCUT2D eigenvalue weighted by Gasteiger charge is 2.15. The Bertz CT molecular complexity index is 876. The third-order valence-electron chi connectivity index (χ3n) is 5.08. The molecule has 0 radical (unpaired) electrons. The molecule has 1 atom stereocenters. The summed E-state index contributed by atoms with van der Waals surface area (Å²) in [7, 11) is 1.49. The lowest BCUT2D eigenvalue weighted by atomic mass is 10.1. The summed E-state index contributed by atoms with van der Waals surface area (Å²) in [6.45, 7) is 6.54. The van der Waals surface area contributed by atoms with Crippen LogP contribution in [0.2, 0.25) is 0 Å². The fraction of sp³-hybridized carbons (Fsp3) is 0.391. The zero-order valence-corrected chi connectivity index (χ0v) is 17.6. The van der Waals surface area contributed by atoms with Gasteiger partial charge < -0.3 is 24.4 Å². The van der Waals surface area contributed by atoms with Crippen LogP contribution in [0.15, 0.2) is 42.5 Å². The summed E-state index contributed by atoms with van der Waals surface area (Å²) in [4.78, 5) is 26.1. The fourth-order valence-electron chi connectivity index (χ4n) is 3.31. The highest BCUT2D eigenvalue weighted by atomic mass is 16.5. The number of ether oxygens (including phenoxy) is 3. The van der Waals surface area contributed by atoms with Gasteiger partial charge in [-0.1, -0.05) is 12.1 Å². The maximum atomic E-state index is 12.3. The Kier molecular flexibility index (Phi) is 7.30. The molecule has 1 saturated heterocycles. The van der Waals surface area contributed by atoms with E-state index >= 15 is 0 Å². The van der Waals surface area contributed by atoms with Gasteiger partial charge in [-0.15, -0.1) is 0 Å². The summed E-state index contributed by atoms with van der Waals surface area (Å²) in [5.41, 5.74) is 2.70. The zero-order valence-electron chi connectivity index (χ0n) is 17.6. The van der Waals surface area contributed by atoms with Gasteiger partial charge in [0.05, 0.1) is 26.4 Å². The van der Waals surface area contributed by atoms with Crippen molar-refractivity contribution in [1.29, 1.82) is 0 Å². The summed E-state index contributed by atoms with van der Waals surface area (Å²) in [6, 6.07) is 12.9. The first-order valence-electron chi connectivity index (χ1n) is 10.0. The van der Waals surface area contributed by atoms with Crippen LogP contribution in [0, 0.1) is 0 Å². The van der Waals surface area contributed by atoms with E-state index in [9.17, 15) is 9.59 Å². The average Bonchev–Trinajstić information content (AvgIpc) is 2.78. The van der Waals surface area contributed by atoms with E-state index in [1.807, 2.05) is 19.1 Å². The van der Waals surface area contributed by atoms with Gasteiger partial charge in [0.15, 0.2) is 23.9 Å². The fourth-order valence-corrected chi connectivity index (χ4v) is 3.31. The van der Waals surface area contributed by atoms with E-state index in [-0.39, 0.29) is 24.3 Å². The van der Waals surface area contributed by atoms with Crippen LogP contribution in [-0.4, -0.2) is 51.7 Å². The zero-order chi connectivity index (χ0) is 21.5. The number of hydrogen-bond donors (Lipinski definition) is 1. The Hall–Kier alpha value is -3.06. The summed E-state index contributed by atoms with van der Waals surface area (Å²) >= 11 is 0. The molecule has 0 saturated carbocycles. The smallest absolute Gasteiger partial charge is 0.258 e. The van der Waals surface area contributed by atoms with Crippen LogP contribution in [0.25, 0.3) is 0 Å². The number of amides is 1. The number of benzene rings is 2. The molecule has 30 heavy (non-hydrogen) atoms. The third kappa shape index (κ3) is 5.51. The first-order valence-corrected chi connectivity index (χ1v) is 10.0. The molecule has 1 amide bonds. The third-order valence-corrected chi connectivity index (χ3v) is 5.08. The molecule has 1 unspecified atom stereocenters. The molecule has 0 aliphatic carbocycles. The van der Waals surface area contributed by atoms with E-state index in [1.165, 1.54) is 14.0 Å². The van der Waals surface area contributed by atoms with Crippen molar-refractivity contribution in [2.75, 3.05) is 44.9 Å². The highest BCUT2D eigenvalue weighted by molar-refractivity contribution is 5.94. The molecule has 0 aromatic heterocycles. The number of nitrogens with one attached hydrogen (secondary N) is 1. The van der Waals surface area contributed by atoms with E-state index < -0.39 is 0 Å². The SMILES string of the molecule is COc1cc(C(C)=O)ccc1OCC(=O)NC(C)c1ccc(N2CCOCC2)cc1. The van der Waals surface area contributed by atoms with Crippen molar-refractivity contribution >= 4 is 17.4 Å². The van der Waals surface area contributed by atoms with Crippen molar-refractivity contribution < 1.29 is 23.8 Å². The second-order valence-electron chi connectivity index (χ2n) is 7.19. The maximum absolute atomic E-state index is 12.3. The van der Waals surface area contributed by atoms with E-state index in [0.29, 0.717) is 17.1 Å². The summed E-state index contributed by atoms with van der Waals surface area (Å²) in [5.74, 6) is 0.533. The van der Waals surface area contributed by atoms with Crippen LogP contribution in [0.5, 0.6) is 11.5 Å². The molecule has 160 valence electrons. The predicted octanol–water partition coefficient (Wildman–Crippen LogP) is 2.99. The standard InChI is InChI=1S/C23H28N2O5/c1-16(18-4-7-20(8-5-18)25-10-12-29-13-11-25)24-23(27)15-30-21-9-6-19(17(2)26)14-22(21)28-3/h4-9,14,16H,10-13,15H2,1-3H3,(H,24,27). The number of methoxy groups -OCH3 is 1. The van der Waals surface area contributed by atoms with Crippen LogP contribution in [0.4, 0.5) is 5.69 Å². The number of hydrogen-bond acceptors (Lipinski definition) is 6. The van der Waals surface area contributed by atoms with E-state index in [1.54, 1.807) is 18.2 Å². The Balaban J connectivity index is 1.54. The van der Waals surface area contributed by atoms with Crippen molar-refractivity contribution in [3.05, 3.63) is 53.6 Å². The number of carbonyl (C=O) groups is 2. The van der Waals surface area contributed by atoms with Gasteiger partial charge in [0.1, 0.15) is 0 Å². The molecule has 1 aliphatic rings. The largest absolute Gasteiger partial charge is 0.493 e. The first-order chi connectivity index (χ1) is 14.5.